The molecule has 0 aliphatic heterocycles. The van der Waals surface area contributed by atoms with Crippen LogP contribution in [0.4, 0.5) is 0 Å². The molecule has 0 atom stereocenters. The first-order chi connectivity index (χ1) is 7.52. The van der Waals surface area contributed by atoms with Crippen LogP contribution in [0.2, 0.25) is 5.02 Å². The lowest BCUT2D eigenvalue weighted by atomic mass is 9.91. The fraction of sp³-hybridized carbons (Fsp3) is 0.636. The predicted octanol–water partition coefficient (Wildman–Crippen LogP) is 1.92. The summed E-state index contributed by atoms with van der Waals surface area (Å²) in [5, 5.41) is 4.37. The first-order valence-electron chi connectivity index (χ1n) is 5.51. The van der Waals surface area contributed by atoms with Crippen LogP contribution in [0.15, 0.2) is 6.20 Å². The summed E-state index contributed by atoms with van der Waals surface area (Å²) in [5.41, 5.74) is 6.31. The molecule has 0 unspecified atom stereocenters. The fourth-order valence-corrected chi connectivity index (χ4v) is 2.66. The Hall–Kier alpha value is -0.870. The number of carbonyl (C=O) groups excluding carboxylic acids is 1. The Bertz CT molecular complexity index is 388. The van der Waals surface area contributed by atoms with Crippen LogP contribution in [0.5, 0.6) is 0 Å². The van der Waals surface area contributed by atoms with Crippen LogP contribution in [-0.2, 0) is 7.05 Å². The van der Waals surface area contributed by atoms with Gasteiger partial charge in [0, 0.05) is 19.0 Å². The molecule has 0 radical (unpaired) electrons. The van der Waals surface area contributed by atoms with Crippen molar-refractivity contribution in [2.75, 3.05) is 0 Å². The molecular weight excluding hydrogens is 226 g/mol. The van der Waals surface area contributed by atoms with Crippen molar-refractivity contribution in [3.8, 4) is 0 Å². The number of ketones is 1. The Morgan fingerprint density at radius 3 is 2.75 bits per heavy atom. The van der Waals surface area contributed by atoms with E-state index in [1.165, 1.54) is 10.9 Å². The molecule has 1 saturated carbocycles. The zero-order valence-electron chi connectivity index (χ0n) is 9.37. The summed E-state index contributed by atoms with van der Waals surface area (Å²) in [6.45, 7) is 0. The highest BCUT2D eigenvalue weighted by Gasteiger charge is 2.33. The number of nitrogens with zero attached hydrogens (tertiary/aromatic N) is 2. The van der Waals surface area contributed by atoms with E-state index < -0.39 is 0 Å². The maximum atomic E-state index is 12.1. The van der Waals surface area contributed by atoms with Crippen molar-refractivity contribution in [2.24, 2.45) is 12.8 Å². The third-order valence-corrected chi connectivity index (χ3v) is 3.55. The third-order valence-electron chi connectivity index (χ3n) is 3.27. The van der Waals surface area contributed by atoms with E-state index in [-0.39, 0.29) is 11.3 Å². The zero-order chi connectivity index (χ0) is 11.8. The van der Waals surface area contributed by atoms with Gasteiger partial charge in [-0.2, -0.15) is 5.10 Å². The molecule has 0 spiro atoms. The minimum atomic E-state index is -0.329. The van der Waals surface area contributed by atoms with E-state index in [9.17, 15) is 4.79 Å². The summed E-state index contributed by atoms with van der Waals surface area (Å²) in [6.07, 6.45) is 5.94. The Balaban J connectivity index is 2.14. The van der Waals surface area contributed by atoms with Crippen molar-refractivity contribution in [2.45, 2.75) is 37.6 Å². The Morgan fingerprint density at radius 2 is 2.25 bits per heavy atom. The molecule has 5 heteroatoms. The lowest BCUT2D eigenvalue weighted by molar-refractivity contribution is 0.0943. The second kappa shape index (κ2) is 4.18. The van der Waals surface area contributed by atoms with Gasteiger partial charge in [-0.05, 0) is 12.8 Å². The van der Waals surface area contributed by atoms with Crippen molar-refractivity contribution in [1.82, 2.24) is 9.78 Å². The average Bonchev–Trinajstić information content (AvgIpc) is 2.74. The van der Waals surface area contributed by atoms with Gasteiger partial charge in [0.15, 0.2) is 5.78 Å². The summed E-state index contributed by atoms with van der Waals surface area (Å²) in [6, 6.07) is 0. The summed E-state index contributed by atoms with van der Waals surface area (Å²) in [4.78, 5) is 12.1. The second-order valence-corrected chi connectivity index (χ2v) is 5.04. The number of hydrogen-bond acceptors (Lipinski definition) is 3. The maximum Gasteiger partial charge on any atom is 0.184 e. The van der Waals surface area contributed by atoms with E-state index in [0.29, 0.717) is 17.1 Å². The van der Waals surface area contributed by atoms with Gasteiger partial charge in [0.05, 0.1) is 11.2 Å². The summed E-state index contributed by atoms with van der Waals surface area (Å²) in [7, 11) is 1.72. The van der Waals surface area contributed by atoms with Crippen molar-refractivity contribution in [3.63, 3.8) is 0 Å². The van der Waals surface area contributed by atoms with Gasteiger partial charge in [-0.1, -0.05) is 24.4 Å². The minimum Gasteiger partial charge on any atom is -0.325 e. The monoisotopic (exact) mass is 241 g/mol. The van der Waals surface area contributed by atoms with Gasteiger partial charge in [0.25, 0.3) is 0 Å². The number of aromatic nitrogens is 2. The standard InChI is InChI=1S/C11H16ClN3O/c1-15-10(8(12)7-14-15)9(16)6-11(13)4-2-3-5-11/h7H,2-6,13H2,1H3. The van der Waals surface area contributed by atoms with Crippen LogP contribution in [0.3, 0.4) is 0 Å². The molecule has 16 heavy (non-hydrogen) atoms. The number of Topliss-reactive ketones (excluding diaryl/α,β-unsaturated/α-hetero) is 1. The van der Waals surface area contributed by atoms with Crippen LogP contribution in [0.25, 0.3) is 0 Å². The molecule has 0 saturated heterocycles. The van der Waals surface area contributed by atoms with Crippen LogP contribution in [0.1, 0.15) is 42.6 Å². The first-order valence-corrected chi connectivity index (χ1v) is 5.89. The summed E-state index contributed by atoms with van der Waals surface area (Å²) in [5.74, 6) is -0.00519. The van der Waals surface area contributed by atoms with Crippen LogP contribution in [0, 0.1) is 0 Å². The van der Waals surface area contributed by atoms with Crippen molar-refractivity contribution >= 4 is 17.4 Å². The highest BCUT2D eigenvalue weighted by Crippen LogP contribution is 2.31. The van der Waals surface area contributed by atoms with Gasteiger partial charge < -0.3 is 5.73 Å². The molecular formula is C11H16ClN3O. The van der Waals surface area contributed by atoms with Gasteiger partial charge >= 0.3 is 0 Å². The molecule has 1 aromatic heterocycles. The highest BCUT2D eigenvalue weighted by atomic mass is 35.5. The number of hydrogen-bond donors (Lipinski definition) is 1. The maximum absolute atomic E-state index is 12.1. The average molecular weight is 242 g/mol. The lowest BCUT2D eigenvalue weighted by Crippen LogP contribution is -2.39. The quantitative estimate of drug-likeness (QED) is 0.823. The van der Waals surface area contributed by atoms with Crippen LogP contribution in [-0.4, -0.2) is 21.1 Å². The molecule has 1 aliphatic carbocycles. The molecule has 1 fully saturated rings. The molecule has 1 aliphatic rings. The SMILES string of the molecule is Cn1ncc(Cl)c1C(=O)CC1(N)CCCC1. The van der Waals surface area contributed by atoms with Gasteiger partial charge in [-0.15, -0.1) is 0 Å². The number of nitrogens with two attached hydrogens (primary N) is 1. The highest BCUT2D eigenvalue weighted by molar-refractivity contribution is 6.33. The summed E-state index contributed by atoms with van der Waals surface area (Å²) < 4.78 is 1.52. The zero-order valence-corrected chi connectivity index (χ0v) is 10.1. The molecule has 2 rings (SSSR count). The Kier molecular flexibility index (Phi) is 3.04. The van der Waals surface area contributed by atoms with Gasteiger partial charge in [0.2, 0.25) is 0 Å². The van der Waals surface area contributed by atoms with Crippen LogP contribution >= 0.6 is 11.6 Å². The van der Waals surface area contributed by atoms with E-state index in [1.54, 1.807) is 7.05 Å². The van der Waals surface area contributed by atoms with Crippen LogP contribution < -0.4 is 5.73 Å². The molecule has 0 amide bonds. The van der Waals surface area contributed by atoms with Gasteiger partial charge in [0.1, 0.15) is 5.69 Å². The number of halogens is 1. The van der Waals surface area contributed by atoms with E-state index >= 15 is 0 Å². The Morgan fingerprint density at radius 1 is 1.62 bits per heavy atom. The molecule has 1 aromatic rings. The Labute approximate surface area is 99.8 Å². The molecule has 1 heterocycles. The van der Waals surface area contributed by atoms with E-state index in [2.05, 4.69) is 5.10 Å². The molecule has 0 aromatic carbocycles. The first kappa shape index (κ1) is 11.6. The molecule has 4 nitrogen and oxygen atoms in total. The number of rotatable bonds is 3. The van der Waals surface area contributed by atoms with Crippen molar-refractivity contribution < 1.29 is 4.79 Å². The fourth-order valence-electron chi connectivity index (χ4n) is 2.38. The normalized spacial score (nSPS) is 18.9. The molecule has 88 valence electrons. The van der Waals surface area contributed by atoms with Crippen molar-refractivity contribution in [3.05, 3.63) is 16.9 Å². The van der Waals surface area contributed by atoms with E-state index in [4.69, 9.17) is 17.3 Å². The van der Waals surface area contributed by atoms with E-state index in [1.807, 2.05) is 0 Å². The van der Waals surface area contributed by atoms with Crippen molar-refractivity contribution in [1.29, 1.82) is 0 Å². The second-order valence-electron chi connectivity index (χ2n) is 4.63. The smallest absolute Gasteiger partial charge is 0.184 e. The molecule has 2 N–H and O–H groups in total. The molecule has 0 bridgehead atoms. The topological polar surface area (TPSA) is 60.9 Å². The number of aryl methyl sites for hydroxylation is 1. The third kappa shape index (κ3) is 2.13. The number of carbonyl (C=O) groups is 1. The largest absolute Gasteiger partial charge is 0.325 e. The summed E-state index contributed by atoms with van der Waals surface area (Å²) >= 11 is 5.93. The van der Waals surface area contributed by atoms with Gasteiger partial charge in [-0.25, -0.2) is 0 Å². The van der Waals surface area contributed by atoms with E-state index in [0.717, 1.165) is 25.7 Å². The minimum absolute atomic E-state index is 0.00519. The predicted molar refractivity (Wildman–Crippen MR) is 62.6 cm³/mol. The lowest BCUT2D eigenvalue weighted by Gasteiger charge is -2.22. The van der Waals surface area contributed by atoms with Gasteiger partial charge in [-0.3, -0.25) is 9.48 Å².